The molecule has 0 amide bonds. The normalized spacial score (nSPS) is 12.0. The van der Waals surface area contributed by atoms with Gasteiger partial charge < -0.3 is 20.3 Å². The highest BCUT2D eigenvalue weighted by Crippen LogP contribution is 2.24. The summed E-state index contributed by atoms with van der Waals surface area (Å²) in [5.74, 6) is 1.09. The Morgan fingerprint density at radius 3 is 2.65 bits per heavy atom. The molecule has 3 rings (SSSR count). The molecule has 0 unspecified atom stereocenters. The molecule has 136 valence electrons. The Morgan fingerprint density at radius 1 is 1.23 bits per heavy atom. The van der Waals surface area contributed by atoms with Crippen molar-refractivity contribution in [3.05, 3.63) is 54.0 Å². The van der Waals surface area contributed by atoms with Crippen molar-refractivity contribution in [2.75, 3.05) is 17.2 Å². The zero-order valence-corrected chi connectivity index (χ0v) is 15.3. The van der Waals surface area contributed by atoms with E-state index >= 15 is 0 Å². The third kappa shape index (κ3) is 3.83. The largest absolute Gasteiger partial charge is 0.390 e. The number of aromatic nitrogens is 4. The molecule has 0 fully saturated rings. The lowest BCUT2D eigenvalue weighted by Gasteiger charge is -2.12. The molecule has 0 saturated carbocycles. The molecule has 0 saturated heterocycles. The number of imidazole rings is 1. The van der Waals surface area contributed by atoms with Crippen molar-refractivity contribution in [2.24, 2.45) is 0 Å². The van der Waals surface area contributed by atoms with E-state index in [9.17, 15) is 5.11 Å². The minimum absolute atomic E-state index is 0.103. The summed E-state index contributed by atoms with van der Waals surface area (Å²) >= 11 is 0. The summed E-state index contributed by atoms with van der Waals surface area (Å²) in [7, 11) is 0. The Hall–Kier alpha value is -2.93. The van der Waals surface area contributed by atoms with Gasteiger partial charge in [-0.25, -0.2) is 4.98 Å². The number of hydrogen-bond acceptors (Lipinski definition) is 6. The number of rotatable bonds is 7. The summed E-state index contributed by atoms with van der Waals surface area (Å²) in [5, 5.41) is 15.8. The molecule has 0 aliphatic carbocycles. The van der Waals surface area contributed by atoms with Crippen LogP contribution in [-0.2, 0) is 6.54 Å². The lowest BCUT2D eigenvalue weighted by atomic mass is 10.2. The third-order valence-corrected chi connectivity index (χ3v) is 4.07. The average Bonchev–Trinajstić information content (AvgIpc) is 3.09. The second kappa shape index (κ2) is 7.97. The molecule has 3 aromatic rings. The summed E-state index contributed by atoms with van der Waals surface area (Å²) < 4.78 is 2.00. The molecule has 26 heavy (non-hydrogen) atoms. The van der Waals surface area contributed by atoms with E-state index in [1.54, 1.807) is 12.4 Å². The fourth-order valence-corrected chi connectivity index (χ4v) is 2.60. The molecule has 2 aromatic heterocycles. The van der Waals surface area contributed by atoms with E-state index in [0.29, 0.717) is 24.0 Å². The van der Waals surface area contributed by atoms with Crippen molar-refractivity contribution in [1.82, 2.24) is 19.5 Å². The van der Waals surface area contributed by atoms with Crippen LogP contribution in [0.4, 0.5) is 11.8 Å². The first-order chi connectivity index (χ1) is 12.6. The van der Waals surface area contributed by atoms with Crippen molar-refractivity contribution >= 4 is 22.9 Å². The van der Waals surface area contributed by atoms with Crippen LogP contribution in [0.3, 0.4) is 0 Å². The van der Waals surface area contributed by atoms with Crippen LogP contribution < -0.4 is 10.6 Å². The Balaban J connectivity index is 1.99. The molecule has 2 heterocycles. The SMILES string of the molecule is C/C=C(/CO)Nc1nc(NCc2ccccc2)c2ncn(C(C)C)c2n1. The fourth-order valence-electron chi connectivity index (χ4n) is 2.60. The van der Waals surface area contributed by atoms with Crippen LogP contribution in [0.15, 0.2) is 48.4 Å². The van der Waals surface area contributed by atoms with Crippen molar-refractivity contribution in [1.29, 1.82) is 0 Å². The number of fused-ring (bicyclic) bond motifs is 1. The van der Waals surface area contributed by atoms with Gasteiger partial charge in [0.1, 0.15) is 0 Å². The minimum Gasteiger partial charge on any atom is -0.390 e. The number of anilines is 2. The maximum Gasteiger partial charge on any atom is 0.231 e. The second-order valence-corrected chi connectivity index (χ2v) is 6.25. The summed E-state index contributed by atoms with van der Waals surface area (Å²) in [6.07, 6.45) is 3.58. The van der Waals surface area contributed by atoms with Crippen LogP contribution in [0.2, 0.25) is 0 Å². The first-order valence-electron chi connectivity index (χ1n) is 8.67. The number of aliphatic hydroxyl groups is 1. The molecular weight excluding hydrogens is 328 g/mol. The van der Waals surface area contributed by atoms with E-state index in [4.69, 9.17) is 0 Å². The lowest BCUT2D eigenvalue weighted by Crippen LogP contribution is -2.11. The van der Waals surface area contributed by atoms with Crippen LogP contribution >= 0.6 is 0 Å². The Kier molecular flexibility index (Phi) is 5.48. The van der Waals surface area contributed by atoms with E-state index in [2.05, 4.69) is 51.6 Å². The van der Waals surface area contributed by atoms with Gasteiger partial charge in [-0.15, -0.1) is 0 Å². The Bertz CT molecular complexity index is 901. The third-order valence-electron chi connectivity index (χ3n) is 4.07. The molecule has 0 radical (unpaired) electrons. The first-order valence-corrected chi connectivity index (χ1v) is 8.67. The Labute approximate surface area is 152 Å². The smallest absolute Gasteiger partial charge is 0.231 e. The highest BCUT2D eigenvalue weighted by atomic mass is 16.3. The van der Waals surface area contributed by atoms with E-state index in [1.807, 2.05) is 29.7 Å². The van der Waals surface area contributed by atoms with Gasteiger partial charge in [-0.1, -0.05) is 36.4 Å². The van der Waals surface area contributed by atoms with Crippen LogP contribution in [0.1, 0.15) is 32.4 Å². The fraction of sp³-hybridized carbons (Fsp3) is 0.316. The predicted molar refractivity (Wildman–Crippen MR) is 104 cm³/mol. The maximum absolute atomic E-state index is 9.41. The van der Waals surface area contributed by atoms with Gasteiger partial charge in [0.15, 0.2) is 17.0 Å². The number of hydrogen-bond donors (Lipinski definition) is 3. The van der Waals surface area contributed by atoms with E-state index in [1.165, 1.54) is 0 Å². The molecule has 0 bridgehead atoms. The summed E-state index contributed by atoms with van der Waals surface area (Å²) in [6.45, 7) is 6.55. The number of nitrogens with zero attached hydrogens (tertiary/aromatic N) is 4. The number of nitrogens with one attached hydrogen (secondary N) is 2. The molecule has 3 N–H and O–H groups in total. The molecule has 0 spiro atoms. The van der Waals surface area contributed by atoms with Crippen LogP contribution in [0, 0.1) is 0 Å². The van der Waals surface area contributed by atoms with Gasteiger partial charge in [-0.05, 0) is 26.3 Å². The van der Waals surface area contributed by atoms with Gasteiger partial charge in [0.05, 0.1) is 12.9 Å². The quantitative estimate of drug-likeness (QED) is 0.604. The number of allylic oxidation sites excluding steroid dienone is 1. The topological polar surface area (TPSA) is 87.9 Å². The summed E-state index contributed by atoms with van der Waals surface area (Å²) in [5.41, 5.74) is 3.28. The van der Waals surface area contributed by atoms with Crippen LogP contribution in [-0.4, -0.2) is 31.2 Å². The van der Waals surface area contributed by atoms with Gasteiger partial charge >= 0.3 is 0 Å². The molecule has 7 heteroatoms. The molecule has 0 aliphatic rings. The maximum atomic E-state index is 9.41. The van der Waals surface area contributed by atoms with Gasteiger partial charge in [0.2, 0.25) is 5.95 Å². The summed E-state index contributed by atoms with van der Waals surface area (Å²) in [4.78, 5) is 13.7. The second-order valence-electron chi connectivity index (χ2n) is 6.25. The van der Waals surface area contributed by atoms with Crippen molar-refractivity contribution in [3.63, 3.8) is 0 Å². The van der Waals surface area contributed by atoms with Crippen molar-refractivity contribution < 1.29 is 5.11 Å². The van der Waals surface area contributed by atoms with Gasteiger partial charge in [-0.2, -0.15) is 9.97 Å². The van der Waals surface area contributed by atoms with Crippen LogP contribution in [0.25, 0.3) is 11.2 Å². The number of benzene rings is 1. The van der Waals surface area contributed by atoms with Crippen molar-refractivity contribution in [2.45, 2.75) is 33.4 Å². The highest BCUT2D eigenvalue weighted by Gasteiger charge is 2.15. The first kappa shape index (κ1) is 17.9. The standard InChI is InChI=1S/C19H24N6O/c1-4-15(11-26)22-19-23-17(20-10-14-8-6-5-7-9-14)16-18(24-19)25(12-21-16)13(2)3/h4-9,12-13,26H,10-11H2,1-3H3,(H2,20,22,23,24)/b15-4-. The van der Waals surface area contributed by atoms with Gasteiger partial charge in [0, 0.05) is 18.3 Å². The zero-order chi connectivity index (χ0) is 18.5. The van der Waals surface area contributed by atoms with Gasteiger partial charge in [-0.3, -0.25) is 0 Å². The van der Waals surface area contributed by atoms with E-state index < -0.39 is 0 Å². The predicted octanol–water partition coefficient (Wildman–Crippen LogP) is 3.33. The number of aliphatic hydroxyl groups excluding tert-OH is 1. The monoisotopic (exact) mass is 352 g/mol. The molecular formula is C19H24N6O. The van der Waals surface area contributed by atoms with Crippen molar-refractivity contribution in [3.8, 4) is 0 Å². The molecule has 7 nitrogen and oxygen atoms in total. The van der Waals surface area contributed by atoms with Crippen LogP contribution in [0.5, 0.6) is 0 Å². The molecule has 0 aliphatic heterocycles. The highest BCUT2D eigenvalue weighted by molar-refractivity contribution is 5.84. The van der Waals surface area contributed by atoms with Gasteiger partial charge in [0.25, 0.3) is 0 Å². The summed E-state index contributed by atoms with van der Waals surface area (Å²) in [6, 6.07) is 10.3. The Morgan fingerprint density at radius 2 is 2.00 bits per heavy atom. The lowest BCUT2D eigenvalue weighted by molar-refractivity contribution is 0.332. The average molecular weight is 352 g/mol. The van der Waals surface area contributed by atoms with E-state index in [-0.39, 0.29) is 12.6 Å². The zero-order valence-electron chi connectivity index (χ0n) is 15.3. The van der Waals surface area contributed by atoms with E-state index in [0.717, 1.165) is 16.7 Å². The minimum atomic E-state index is -0.103. The molecule has 0 atom stereocenters. The molecule has 1 aromatic carbocycles.